The van der Waals surface area contributed by atoms with E-state index in [9.17, 15) is 5.26 Å². The Hall–Kier alpha value is -3.34. The maximum absolute atomic E-state index is 9.26. The molecule has 0 bridgehead atoms. The lowest BCUT2D eigenvalue weighted by molar-refractivity contribution is -0.0979. The number of aliphatic hydroxyl groups excluding tert-OH is 1. The molecule has 1 fully saturated rings. The van der Waals surface area contributed by atoms with Crippen LogP contribution in [0.25, 0.3) is 22.3 Å². The Morgan fingerprint density at radius 3 is 2.42 bits per heavy atom. The van der Waals surface area contributed by atoms with E-state index in [0.29, 0.717) is 23.9 Å². The van der Waals surface area contributed by atoms with E-state index in [-0.39, 0.29) is 6.61 Å². The first-order valence-electron chi connectivity index (χ1n) is 11.1. The first-order valence-corrected chi connectivity index (χ1v) is 11.1. The molecule has 1 saturated heterocycles. The van der Waals surface area contributed by atoms with Gasteiger partial charge < -0.3 is 20.1 Å². The number of nitrogens with one attached hydrogen (secondary N) is 1. The second-order valence-corrected chi connectivity index (χ2v) is 8.14. The lowest BCUT2D eigenvalue weighted by Gasteiger charge is -2.22. The summed E-state index contributed by atoms with van der Waals surface area (Å²) in [5.74, 6) is 2.28. The Morgan fingerprint density at radius 1 is 1.18 bits per heavy atom. The van der Waals surface area contributed by atoms with Crippen LogP contribution in [0.3, 0.4) is 0 Å². The summed E-state index contributed by atoms with van der Waals surface area (Å²) >= 11 is 0. The van der Waals surface area contributed by atoms with E-state index < -0.39 is 0 Å². The molecule has 3 aromatic rings. The lowest BCUT2D eigenvalue weighted by atomic mass is 9.95. The zero-order valence-corrected chi connectivity index (χ0v) is 19.7. The van der Waals surface area contributed by atoms with Gasteiger partial charge in [0.2, 0.25) is 0 Å². The van der Waals surface area contributed by atoms with Crippen LogP contribution in [0.15, 0.2) is 48.5 Å². The van der Waals surface area contributed by atoms with Crippen LogP contribution in [0.4, 0.5) is 5.82 Å². The number of aliphatic hydroxyl groups is 1. The third-order valence-corrected chi connectivity index (χ3v) is 5.65. The molecule has 1 unspecified atom stereocenters. The number of fused-ring (bicyclic) bond motifs is 1. The standard InChI is InChI=1S/C22H22N4.C3H9NO.CH2O/c1-15(2)18-10-11-26(14-18)22-21(17-7-5-6-16(12-17)13-23)24-19-8-3-4-9-20(19)25-22;1-4-2-3-5;1-2/h3-9,12,15,18H,10-11,14H2,1-2H3;4-5H,2-3H2,1H3;1H2. The number of nitrogens with zero attached hydrogens (tertiary/aromatic N) is 4. The van der Waals surface area contributed by atoms with Crippen molar-refractivity contribution in [1.29, 1.82) is 5.26 Å². The van der Waals surface area contributed by atoms with Crippen molar-refractivity contribution in [2.24, 2.45) is 11.8 Å². The molecular formula is C26H33N5O2. The Balaban J connectivity index is 0.000000489. The molecule has 1 atom stereocenters. The highest BCUT2D eigenvalue weighted by molar-refractivity contribution is 5.84. The van der Waals surface area contributed by atoms with Crippen LogP contribution in [-0.2, 0) is 4.79 Å². The van der Waals surface area contributed by atoms with Crippen LogP contribution >= 0.6 is 0 Å². The predicted molar refractivity (Wildman–Crippen MR) is 133 cm³/mol. The summed E-state index contributed by atoms with van der Waals surface area (Å²) in [5, 5.41) is 20.0. The summed E-state index contributed by atoms with van der Waals surface area (Å²) in [6.07, 6.45) is 1.18. The van der Waals surface area contributed by atoms with E-state index in [1.807, 2.05) is 55.3 Å². The normalized spacial score (nSPS) is 14.8. The molecule has 174 valence electrons. The third kappa shape index (κ3) is 6.82. The maximum atomic E-state index is 9.26. The Kier molecular flexibility index (Phi) is 10.4. The molecular weight excluding hydrogens is 414 g/mol. The SMILES string of the molecule is C=O.CC(C)C1CCN(c2nc3ccccc3nc2-c2cccc(C#N)c2)C1.CNCCO. The number of likely N-dealkylation sites (N-methyl/N-ethyl adjacent to an activating group) is 1. The minimum absolute atomic E-state index is 0.233. The molecule has 7 nitrogen and oxygen atoms in total. The molecule has 1 aliphatic rings. The fraction of sp³-hybridized carbons (Fsp3) is 0.385. The largest absolute Gasteiger partial charge is 0.395 e. The van der Waals surface area contributed by atoms with E-state index in [1.165, 1.54) is 6.42 Å². The van der Waals surface area contributed by atoms with Gasteiger partial charge in [-0.2, -0.15) is 5.26 Å². The number of nitriles is 1. The molecule has 0 amide bonds. The van der Waals surface area contributed by atoms with Gasteiger partial charge >= 0.3 is 0 Å². The molecule has 2 heterocycles. The first kappa shape index (κ1) is 25.9. The van der Waals surface area contributed by atoms with E-state index in [4.69, 9.17) is 19.9 Å². The van der Waals surface area contributed by atoms with Crippen LogP contribution in [0.5, 0.6) is 0 Å². The second kappa shape index (κ2) is 13.3. The molecule has 1 aliphatic heterocycles. The van der Waals surface area contributed by atoms with Gasteiger partial charge in [0.05, 0.1) is 29.3 Å². The minimum atomic E-state index is 0.233. The van der Waals surface area contributed by atoms with Crippen molar-refractivity contribution in [2.45, 2.75) is 20.3 Å². The summed E-state index contributed by atoms with van der Waals surface area (Å²) in [5.41, 5.74) is 4.25. The molecule has 0 radical (unpaired) electrons. The zero-order valence-electron chi connectivity index (χ0n) is 19.7. The average Bonchev–Trinajstić information content (AvgIpc) is 3.36. The maximum Gasteiger partial charge on any atom is 0.155 e. The molecule has 2 aromatic carbocycles. The van der Waals surface area contributed by atoms with Crippen molar-refractivity contribution in [3.05, 3.63) is 54.1 Å². The number of carbonyl (C=O) groups is 1. The Morgan fingerprint density at radius 2 is 1.88 bits per heavy atom. The number of hydrogen-bond donors (Lipinski definition) is 2. The van der Waals surface area contributed by atoms with E-state index >= 15 is 0 Å². The summed E-state index contributed by atoms with van der Waals surface area (Å²) in [6.45, 7) is 9.52. The molecule has 0 aliphatic carbocycles. The van der Waals surface area contributed by atoms with Gasteiger partial charge in [-0.15, -0.1) is 0 Å². The first-order chi connectivity index (χ1) is 16.1. The highest BCUT2D eigenvalue weighted by Gasteiger charge is 2.28. The molecule has 1 aromatic heterocycles. The number of para-hydroxylation sites is 2. The van der Waals surface area contributed by atoms with Crippen molar-refractivity contribution in [2.75, 3.05) is 38.2 Å². The van der Waals surface area contributed by atoms with Gasteiger partial charge in [-0.1, -0.05) is 38.1 Å². The molecule has 33 heavy (non-hydrogen) atoms. The van der Waals surface area contributed by atoms with E-state index in [0.717, 1.165) is 41.2 Å². The Bertz CT molecular complexity index is 1060. The number of hydrogen-bond acceptors (Lipinski definition) is 7. The van der Waals surface area contributed by atoms with Gasteiger partial charge in [-0.25, -0.2) is 9.97 Å². The molecule has 7 heteroatoms. The minimum Gasteiger partial charge on any atom is -0.395 e. The van der Waals surface area contributed by atoms with Crippen LogP contribution in [-0.4, -0.2) is 55.2 Å². The summed E-state index contributed by atoms with van der Waals surface area (Å²) < 4.78 is 0. The third-order valence-electron chi connectivity index (χ3n) is 5.65. The van der Waals surface area contributed by atoms with E-state index in [1.54, 1.807) is 7.05 Å². The van der Waals surface area contributed by atoms with Crippen molar-refractivity contribution < 1.29 is 9.90 Å². The number of carbonyl (C=O) groups excluding carboxylic acids is 1. The average molecular weight is 448 g/mol. The van der Waals surface area contributed by atoms with Crippen LogP contribution in [0.1, 0.15) is 25.8 Å². The quantitative estimate of drug-likeness (QED) is 0.615. The monoisotopic (exact) mass is 447 g/mol. The lowest BCUT2D eigenvalue weighted by Crippen LogP contribution is -2.23. The summed E-state index contributed by atoms with van der Waals surface area (Å²) in [4.78, 5) is 20.2. The summed E-state index contributed by atoms with van der Waals surface area (Å²) in [7, 11) is 1.80. The fourth-order valence-corrected chi connectivity index (χ4v) is 3.78. The topological polar surface area (TPSA) is 102 Å². The number of aromatic nitrogens is 2. The van der Waals surface area contributed by atoms with Crippen LogP contribution in [0.2, 0.25) is 0 Å². The number of benzene rings is 2. The zero-order chi connectivity index (χ0) is 24.2. The fourth-order valence-electron chi connectivity index (χ4n) is 3.78. The van der Waals surface area contributed by atoms with Crippen LogP contribution in [0, 0.1) is 23.2 Å². The van der Waals surface area contributed by atoms with E-state index in [2.05, 4.69) is 30.1 Å². The highest BCUT2D eigenvalue weighted by Crippen LogP contribution is 2.34. The molecule has 4 rings (SSSR count). The van der Waals surface area contributed by atoms with Crippen LogP contribution < -0.4 is 10.2 Å². The summed E-state index contributed by atoms with van der Waals surface area (Å²) in [6, 6.07) is 17.9. The molecule has 0 saturated carbocycles. The van der Waals surface area contributed by atoms with Crippen molar-refractivity contribution in [3.63, 3.8) is 0 Å². The highest BCUT2D eigenvalue weighted by atomic mass is 16.3. The number of anilines is 1. The van der Waals surface area contributed by atoms with Gasteiger partial charge in [0.25, 0.3) is 0 Å². The smallest absolute Gasteiger partial charge is 0.155 e. The Labute approximate surface area is 196 Å². The van der Waals surface area contributed by atoms with Gasteiger partial charge in [0, 0.05) is 25.2 Å². The van der Waals surface area contributed by atoms with Gasteiger partial charge in [0.15, 0.2) is 5.82 Å². The molecule has 0 spiro atoms. The number of rotatable bonds is 5. The predicted octanol–water partition coefficient (Wildman–Crippen LogP) is 3.66. The van der Waals surface area contributed by atoms with Crippen molar-refractivity contribution in [1.82, 2.24) is 15.3 Å². The molecule has 2 N–H and O–H groups in total. The van der Waals surface area contributed by atoms with Crippen molar-refractivity contribution in [3.8, 4) is 17.3 Å². The van der Waals surface area contributed by atoms with Gasteiger partial charge in [-0.05, 0) is 49.6 Å². The van der Waals surface area contributed by atoms with Gasteiger partial charge in [0.1, 0.15) is 12.5 Å². The van der Waals surface area contributed by atoms with Gasteiger partial charge in [-0.3, -0.25) is 0 Å². The second-order valence-electron chi connectivity index (χ2n) is 8.14. The van der Waals surface area contributed by atoms with Crippen molar-refractivity contribution >= 4 is 23.6 Å².